The second kappa shape index (κ2) is 8.38. The van der Waals surface area contributed by atoms with E-state index in [0.29, 0.717) is 12.1 Å². The topological polar surface area (TPSA) is 81.8 Å². The second-order valence-corrected chi connectivity index (χ2v) is 4.87. The summed E-state index contributed by atoms with van der Waals surface area (Å²) in [7, 11) is 0. The van der Waals surface area contributed by atoms with Crippen molar-refractivity contribution in [3.8, 4) is 0 Å². The van der Waals surface area contributed by atoms with E-state index in [-0.39, 0.29) is 11.3 Å². The summed E-state index contributed by atoms with van der Waals surface area (Å²) in [6.45, 7) is 1.88. The Morgan fingerprint density at radius 2 is 1.96 bits per heavy atom. The fourth-order valence-electron chi connectivity index (χ4n) is 1.87. The molecule has 2 rings (SSSR count). The molecule has 0 saturated heterocycles. The quantitative estimate of drug-likeness (QED) is 0.344. The third kappa shape index (κ3) is 4.88. The lowest BCUT2D eigenvalue weighted by molar-refractivity contribution is -0.384. The summed E-state index contributed by atoms with van der Waals surface area (Å²) in [4.78, 5) is 27.0. The van der Waals surface area contributed by atoms with Gasteiger partial charge in [0.1, 0.15) is 0 Å². The van der Waals surface area contributed by atoms with E-state index in [2.05, 4.69) is 5.16 Å². The summed E-state index contributed by atoms with van der Waals surface area (Å²) < 4.78 is 0. The van der Waals surface area contributed by atoms with Gasteiger partial charge in [-0.2, -0.15) is 0 Å². The van der Waals surface area contributed by atoms with Gasteiger partial charge < -0.3 is 4.84 Å². The molecule has 122 valence electrons. The van der Waals surface area contributed by atoms with E-state index in [1.807, 2.05) is 43.3 Å². The lowest BCUT2D eigenvalue weighted by atomic mass is 10.2. The number of hydrogen-bond donors (Lipinski definition) is 0. The predicted octanol–water partition coefficient (Wildman–Crippen LogP) is 4.23. The van der Waals surface area contributed by atoms with Crippen LogP contribution in [0.25, 0.3) is 6.08 Å². The molecular formula is C18H16N2O4. The first-order chi connectivity index (χ1) is 11.6. The molecule has 0 N–H and O–H groups in total. The van der Waals surface area contributed by atoms with Gasteiger partial charge in [-0.05, 0) is 24.1 Å². The van der Waals surface area contributed by atoms with Gasteiger partial charge in [0.25, 0.3) is 5.69 Å². The maximum Gasteiger partial charge on any atom is 0.365 e. The minimum Gasteiger partial charge on any atom is -0.313 e. The zero-order valence-corrected chi connectivity index (χ0v) is 13.1. The minimum atomic E-state index is -0.738. The van der Waals surface area contributed by atoms with E-state index in [1.165, 1.54) is 18.2 Å². The summed E-state index contributed by atoms with van der Waals surface area (Å²) >= 11 is 0. The van der Waals surface area contributed by atoms with Gasteiger partial charge in [0.15, 0.2) is 0 Å². The van der Waals surface area contributed by atoms with E-state index >= 15 is 0 Å². The monoisotopic (exact) mass is 324 g/mol. The normalized spacial score (nSPS) is 11.5. The van der Waals surface area contributed by atoms with Crippen molar-refractivity contribution < 1.29 is 14.6 Å². The summed E-state index contributed by atoms with van der Waals surface area (Å²) in [5.74, 6) is -0.738. The highest BCUT2D eigenvalue weighted by Crippen LogP contribution is 2.14. The SMILES string of the molecule is CCC(C=Cc1ccccc1)=NOC(=O)c1cccc([N+](=O)[O-])c1. The van der Waals surface area contributed by atoms with Gasteiger partial charge in [0, 0.05) is 12.1 Å². The van der Waals surface area contributed by atoms with Crippen molar-refractivity contribution in [1.82, 2.24) is 0 Å². The maximum absolute atomic E-state index is 11.9. The number of nitrogens with zero attached hydrogens (tertiary/aromatic N) is 2. The Morgan fingerprint density at radius 1 is 1.21 bits per heavy atom. The molecular weight excluding hydrogens is 308 g/mol. The van der Waals surface area contributed by atoms with Gasteiger partial charge in [0.05, 0.1) is 16.2 Å². The Kier molecular flexibility index (Phi) is 5.96. The van der Waals surface area contributed by atoms with Crippen LogP contribution in [-0.4, -0.2) is 16.6 Å². The Bertz CT molecular complexity index is 783. The third-order valence-corrected chi connectivity index (χ3v) is 3.17. The van der Waals surface area contributed by atoms with Gasteiger partial charge in [-0.3, -0.25) is 10.1 Å². The van der Waals surface area contributed by atoms with Crippen molar-refractivity contribution in [2.75, 3.05) is 0 Å². The van der Waals surface area contributed by atoms with Crippen molar-refractivity contribution in [2.24, 2.45) is 5.16 Å². The predicted molar refractivity (Wildman–Crippen MR) is 91.7 cm³/mol. The first-order valence-electron chi connectivity index (χ1n) is 7.36. The molecule has 0 atom stereocenters. The number of oxime groups is 1. The van der Waals surface area contributed by atoms with Crippen LogP contribution in [0.5, 0.6) is 0 Å². The van der Waals surface area contributed by atoms with Crippen LogP contribution in [-0.2, 0) is 4.84 Å². The first kappa shape index (κ1) is 17.1. The van der Waals surface area contributed by atoms with E-state index in [4.69, 9.17) is 4.84 Å². The molecule has 0 aliphatic heterocycles. The van der Waals surface area contributed by atoms with E-state index < -0.39 is 10.9 Å². The van der Waals surface area contributed by atoms with Gasteiger partial charge in [0.2, 0.25) is 0 Å². The summed E-state index contributed by atoms with van der Waals surface area (Å²) in [6.07, 6.45) is 4.20. The number of hydrogen-bond acceptors (Lipinski definition) is 5. The van der Waals surface area contributed by atoms with Crippen LogP contribution in [0.4, 0.5) is 5.69 Å². The molecule has 0 spiro atoms. The molecule has 0 heterocycles. The second-order valence-electron chi connectivity index (χ2n) is 4.87. The molecule has 0 radical (unpaired) electrons. The summed E-state index contributed by atoms with van der Waals surface area (Å²) in [5.41, 5.74) is 1.49. The molecule has 2 aromatic rings. The van der Waals surface area contributed by atoms with Crippen LogP contribution < -0.4 is 0 Å². The smallest absolute Gasteiger partial charge is 0.313 e. The molecule has 0 amide bonds. The number of rotatable bonds is 6. The highest BCUT2D eigenvalue weighted by molar-refractivity contribution is 5.98. The zero-order chi connectivity index (χ0) is 17.4. The summed E-state index contributed by atoms with van der Waals surface area (Å²) in [6, 6.07) is 15.0. The highest BCUT2D eigenvalue weighted by Gasteiger charge is 2.12. The largest absolute Gasteiger partial charge is 0.365 e. The minimum absolute atomic E-state index is 0.0791. The molecule has 0 aliphatic carbocycles. The number of benzene rings is 2. The van der Waals surface area contributed by atoms with Crippen LogP contribution in [0.2, 0.25) is 0 Å². The molecule has 0 bridgehead atoms. The van der Waals surface area contributed by atoms with Crippen LogP contribution in [0.1, 0.15) is 29.3 Å². The van der Waals surface area contributed by atoms with Gasteiger partial charge in [-0.15, -0.1) is 0 Å². The standard InChI is InChI=1S/C18H16N2O4/c1-2-16(12-11-14-7-4-3-5-8-14)19-24-18(21)15-9-6-10-17(13-15)20(22)23/h3-13H,2H2,1H3. The zero-order valence-electron chi connectivity index (χ0n) is 13.1. The van der Waals surface area contributed by atoms with Crippen LogP contribution in [0.3, 0.4) is 0 Å². The lowest BCUT2D eigenvalue weighted by Gasteiger charge is -2.00. The molecule has 0 unspecified atom stereocenters. The molecule has 6 heteroatoms. The number of carbonyl (C=O) groups excluding carboxylic acids is 1. The molecule has 24 heavy (non-hydrogen) atoms. The van der Waals surface area contributed by atoms with Crippen LogP contribution in [0.15, 0.2) is 65.8 Å². The van der Waals surface area contributed by atoms with Crippen LogP contribution >= 0.6 is 0 Å². The van der Waals surface area contributed by atoms with Crippen molar-refractivity contribution >= 4 is 23.4 Å². The molecule has 0 aliphatic rings. The lowest BCUT2D eigenvalue weighted by Crippen LogP contribution is -2.04. The molecule has 2 aromatic carbocycles. The molecule has 6 nitrogen and oxygen atoms in total. The Balaban J connectivity index is 2.07. The molecule has 0 saturated carbocycles. The number of nitro benzene ring substituents is 1. The number of nitro groups is 1. The number of carbonyl (C=O) groups is 1. The Hall–Kier alpha value is -3.28. The number of non-ortho nitro benzene ring substituents is 1. The van der Waals surface area contributed by atoms with Gasteiger partial charge in [-0.25, -0.2) is 4.79 Å². The van der Waals surface area contributed by atoms with Gasteiger partial charge >= 0.3 is 5.97 Å². The summed E-state index contributed by atoms with van der Waals surface area (Å²) in [5, 5.41) is 14.5. The average Bonchev–Trinajstić information content (AvgIpc) is 2.62. The Labute approximate surface area is 139 Å². The maximum atomic E-state index is 11.9. The van der Waals surface area contributed by atoms with Crippen molar-refractivity contribution in [1.29, 1.82) is 0 Å². The van der Waals surface area contributed by atoms with E-state index in [0.717, 1.165) is 11.6 Å². The average molecular weight is 324 g/mol. The Morgan fingerprint density at radius 3 is 2.62 bits per heavy atom. The van der Waals surface area contributed by atoms with Crippen molar-refractivity contribution in [3.05, 3.63) is 81.9 Å². The van der Waals surface area contributed by atoms with Crippen molar-refractivity contribution in [3.63, 3.8) is 0 Å². The molecule has 0 aromatic heterocycles. The van der Waals surface area contributed by atoms with E-state index in [9.17, 15) is 14.9 Å². The fraction of sp³-hybridized carbons (Fsp3) is 0.111. The highest BCUT2D eigenvalue weighted by atomic mass is 16.7. The first-order valence-corrected chi connectivity index (χ1v) is 7.36. The van der Waals surface area contributed by atoms with Crippen LogP contribution in [0, 0.1) is 10.1 Å². The third-order valence-electron chi connectivity index (χ3n) is 3.17. The molecule has 0 fully saturated rings. The van der Waals surface area contributed by atoms with Gasteiger partial charge in [-0.1, -0.05) is 54.6 Å². The van der Waals surface area contributed by atoms with Crippen molar-refractivity contribution in [2.45, 2.75) is 13.3 Å². The fourth-order valence-corrected chi connectivity index (χ4v) is 1.87. The van der Waals surface area contributed by atoms with E-state index in [1.54, 1.807) is 6.08 Å². The number of allylic oxidation sites excluding steroid dienone is 1.